The van der Waals surface area contributed by atoms with Crippen LogP contribution in [0.4, 0.5) is 0 Å². The van der Waals surface area contributed by atoms with Gasteiger partial charge in [0.05, 0.1) is 32.6 Å². The van der Waals surface area contributed by atoms with Crippen LogP contribution in [-0.2, 0) is 39.1 Å². The van der Waals surface area contributed by atoms with E-state index in [9.17, 15) is 13.2 Å². The molecule has 0 aliphatic carbocycles. The average molecular weight is 470 g/mol. The highest BCUT2D eigenvalue weighted by molar-refractivity contribution is 7.89. The fourth-order valence-corrected chi connectivity index (χ4v) is 4.79. The minimum absolute atomic E-state index is 0.00316. The molecule has 0 N–H and O–H groups in total. The van der Waals surface area contributed by atoms with Gasteiger partial charge in [-0.25, -0.2) is 8.42 Å². The Labute approximate surface area is 194 Å². The molecule has 8 heteroatoms. The topological polar surface area (TPSA) is 82.1 Å². The number of nitrogens with zero attached hydrogens (tertiary/aromatic N) is 1. The fourth-order valence-electron chi connectivity index (χ4n) is 3.30. The van der Waals surface area contributed by atoms with Gasteiger partial charge < -0.3 is 14.2 Å². The molecule has 33 heavy (non-hydrogen) atoms. The predicted octanol–water partition coefficient (Wildman–Crippen LogP) is 3.81. The first-order valence-corrected chi connectivity index (χ1v) is 11.7. The van der Waals surface area contributed by atoms with Gasteiger partial charge in [-0.2, -0.15) is 4.31 Å². The Kier molecular flexibility index (Phi) is 8.08. The van der Waals surface area contributed by atoms with Crippen LogP contribution in [0.3, 0.4) is 0 Å². The minimum Gasteiger partial charge on any atom is -0.497 e. The van der Waals surface area contributed by atoms with Crippen LogP contribution in [0, 0.1) is 0 Å². The van der Waals surface area contributed by atoms with E-state index in [1.54, 1.807) is 50.6 Å². The zero-order valence-corrected chi connectivity index (χ0v) is 19.7. The number of benzene rings is 3. The number of esters is 1. The summed E-state index contributed by atoms with van der Waals surface area (Å²) >= 11 is 0. The van der Waals surface area contributed by atoms with Crippen molar-refractivity contribution in [3.05, 3.63) is 89.5 Å². The summed E-state index contributed by atoms with van der Waals surface area (Å²) in [7, 11) is 0.585. The number of carbonyl (C=O) groups excluding carboxylic acids is 1. The van der Waals surface area contributed by atoms with Gasteiger partial charge in [-0.3, -0.25) is 4.79 Å². The Hall–Kier alpha value is -3.36. The van der Waals surface area contributed by atoms with Crippen molar-refractivity contribution in [2.75, 3.05) is 21.3 Å². The van der Waals surface area contributed by atoms with Gasteiger partial charge in [0.2, 0.25) is 10.0 Å². The molecule has 3 aromatic rings. The molecule has 3 rings (SSSR count). The lowest BCUT2D eigenvalue weighted by atomic mass is 10.1. The Morgan fingerprint density at radius 1 is 0.758 bits per heavy atom. The number of rotatable bonds is 10. The first-order chi connectivity index (χ1) is 15.8. The smallest absolute Gasteiger partial charge is 0.309 e. The average Bonchev–Trinajstić information content (AvgIpc) is 2.84. The summed E-state index contributed by atoms with van der Waals surface area (Å²) in [6, 6.07) is 20.9. The van der Waals surface area contributed by atoms with Crippen molar-refractivity contribution in [2.24, 2.45) is 0 Å². The Balaban J connectivity index is 1.95. The number of sulfonamides is 1. The monoisotopic (exact) mass is 469 g/mol. The van der Waals surface area contributed by atoms with Gasteiger partial charge in [-0.1, -0.05) is 36.4 Å². The molecule has 174 valence electrons. The van der Waals surface area contributed by atoms with E-state index in [0.29, 0.717) is 17.1 Å². The second-order valence-electron chi connectivity index (χ2n) is 7.37. The van der Waals surface area contributed by atoms with Gasteiger partial charge in [0.15, 0.2) is 0 Å². The number of hydrogen-bond donors (Lipinski definition) is 0. The second kappa shape index (κ2) is 11.0. The summed E-state index contributed by atoms with van der Waals surface area (Å²) in [4.78, 5) is 11.8. The van der Waals surface area contributed by atoms with Gasteiger partial charge >= 0.3 is 5.97 Å². The number of methoxy groups -OCH3 is 3. The maximum atomic E-state index is 13.7. The minimum atomic E-state index is -3.88. The van der Waals surface area contributed by atoms with Crippen LogP contribution in [0.25, 0.3) is 0 Å². The van der Waals surface area contributed by atoms with E-state index >= 15 is 0 Å². The van der Waals surface area contributed by atoms with E-state index in [2.05, 4.69) is 0 Å². The van der Waals surface area contributed by atoms with Gasteiger partial charge in [-0.15, -0.1) is 0 Å². The van der Waals surface area contributed by atoms with Crippen LogP contribution in [0.15, 0.2) is 77.7 Å². The maximum absolute atomic E-state index is 13.7. The van der Waals surface area contributed by atoms with E-state index in [4.69, 9.17) is 14.2 Å². The van der Waals surface area contributed by atoms with Crippen LogP contribution in [0.2, 0.25) is 0 Å². The van der Waals surface area contributed by atoms with Gasteiger partial charge in [0, 0.05) is 13.1 Å². The first kappa shape index (κ1) is 24.3. The lowest BCUT2D eigenvalue weighted by Gasteiger charge is -2.23. The molecule has 3 aromatic carbocycles. The van der Waals surface area contributed by atoms with Crippen LogP contribution >= 0.6 is 0 Å². The summed E-state index contributed by atoms with van der Waals surface area (Å²) in [5.74, 6) is 0.954. The van der Waals surface area contributed by atoms with Crippen molar-refractivity contribution in [1.29, 1.82) is 0 Å². The van der Waals surface area contributed by atoms with E-state index in [1.165, 1.54) is 23.5 Å². The third-order valence-electron chi connectivity index (χ3n) is 5.15. The summed E-state index contributed by atoms with van der Waals surface area (Å²) in [5, 5.41) is 0. The number of hydrogen-bond acceptors (Lipinski definition) is 6. The van der Waals surface area contributed by atoms with Crippen molar-refractivity contribution < 1.29 is 27.4 Å². The molecular formula is C25H27NO6S. The summed E-state index contributed by atoms with van der Waals surface area (Å²) in [6.07, 6.45) is -0.00316. The summed E-state index contributed by atoms with van der Waals surface area (Å²) < 4.78 is 43.8. The molecule has 0 aromatic heterocycles. The largest absolute Gasteiger partial charge is 0.497 e. The van der Waals surface area contributed by atoms with Crippen molar-refractivity contribution in [3.63, 3.8) is 0 Å². The molecule has 0 radical (unpaired) electrons. The Bertz CT molecular complexity index is 1120. The summed E-state index contributed by atoms with van der Waals surface area (Å²) in [5.41, 5.74) is 2.20. The maximum Gasteiger partial charge on any atom is 0.309 e. The third-order valence-corrected chi connectivity index (χ3v) is 6.94. The molecule has 0 unspecified atom stereocenters. The standard InChI is InChI=1S/C25H27NO6S/c1-30-22-11-7-19(8-12-22)17-26(18-20-9-13-23(31-2)14-10-20)33(28,29)24-6-4-5-21(15-24)16-25(27)32-3/h4-15H,16-18H2,1-3H3. The van der Waals surface area contributed by atoms with Crippen LogP contribution in [0.1, 0.15) is 16.7 Å². The summed E-state index contributed by atoms with van der Waals surface area (Å²) in [6.45, 7) is 0.333. The van der Waals surface area contributed by atoms with Gasteiger partial charge in [0.1, 0.15) is 11.5 Å². The van der Waals surface area contributed by atoms with Gasteiger partial charge in [-0.05, 0) is 53.1 Å². The number of ether oxygens (including phenoxy) is 3. The normalized spacial score (nSPS) is 11.3. The molecule has 0 spiro atoms. The highest BCUT2D eigenvalue weighted by atomic mass is 32.2. The van der Waals surface area contributed by atoms with E-state index in [0.717, 1.165) is 11.1 Å². The molecule has 0 amide bonds. The van der Waals surface area contributed by atoms with Crippen molar-refractivity contribution >= 4 is 16.0 Å². The highest BCUT2D eigenvalue weighted by Crippen LogP contribution is 2.24. The second-order valence-corrected chi connectivity index (χ2v) is 9.31. The third kappa shape index (κ3) is 6.34. The molecule has 0 saturated heterocycles. The van der Waals surface area contributed by atoms with Crippen molar-refractivity contribution in [1.82, 2.24) is 4.31 Å². The fraction of sp³-hybridized carbons (Fsp3) is 0.240. The van der Waals surface area contributed by atoms with Crippen LogP contribution in [0.5, 0.6) is 11.5 Å². The molecule has 0 heterocycles. The van der Waals surface area contributed by atoms with Crippen molar-refractivity contribution in [2.45, 2.75) is 24.4 Å². The van der Waals surface area contributed by atoms with E-state index < -0.39 is 16.0 Å². The zero-order chi connectivity index (χ0) is 23.8. The SMILES string of the molecule is COC(=O)Cc1cccc(S(=O)(=O)N(Cc2ccc(OC)cc2)Cc2ccc(OC)cc2)c1. The molecule has 7 nitrogen and oxygen atoms in total. The first-order valence-electron chi connectivity index (χ1n) is 10.3. The molecule has 0 aliphatic rings. The van der Waals surface area contributed by atoms with Gasteiger partial charge in [0.25, 0.3) is 0 Å². The van der Waals surface area contributed by atoms with Crippen LogP contribution in [-0.4, -0.2) is 40.0 Å². The Morgan fingerprint density at radius 3 is 1.73 bits per heavy atom. The molecular weight excluding hydrogens is 442 g/mol. The lowest BCUT2D eigenvalue weighted by Crippen LogP contribution is -2.30. The van der Waals surface area contributed by atoms with Crippen LogP contribution < -0.4 is 9.47 Å². The Morgan fingerprint density at radius 2 is 1.27 bits per heavy atom. The van der Waals surface area contributed by atoms with E-state index in [1.807, 2.05) is 24.3 Å². The molecule has 0 aliphatic heterocycles. The molecule has 0 saturated carbocycles. The zero-order valence-electron chi connectivity index (χ0n) is 18.9. The predicted molar refractivity (Wildman–Crippen MR) is 125 cm³/mol. The van der Waals surface area contributed by atoms with E-state index in [-0.39, 0.29) is 24.4 Å². The molecule has 0 bridgehead atoms. The quantitative estimate of drug-likeness (QED) is 0.420. The number of carbonyl (C=O) groups is 1. The van der Waals surface area contributed by atoms with Crippen molar-refractivity contribution in [3.8, 4) is 11.5 Å². The highest BCUT2D eigenvalue weighted by Gasteiger charge is 2.25. The molecule has 0 atom stereocenters. The molecule has 0 fully saturated rings. The lowest BCUT2D eigenvalue weighted by molar-refractivity contribution is -0.139.